The molecule has 0 saturated heterocycles. The van der Waals surface area contributed by atoms with Crippen molar-refractivity contribution in [2.24, 2.45) is 0 Å². The third kappa shape index (κ3) is 2.81. The summed E-state index contributed by atoms with van der Waals surface area (Å²) < 4.78 is 2.32. The van der Waals surface area contributed by atoms with Crippen LogP contribution in [0.3, 0.4) is 0 Å². The largest absolute Gasteiger partial charge is 0.334 e. The molecule has 1 aliphatic carbocycles. The fourth-order valence-corrected chi connectivity index (χ4v) is 2.34. The van der Waals surface area contributed by atoms with Gasteiger partial charge in [0.1, 0.15) is 0 Å². The van der Waals surface area contributed by atoms with Gasteiger partial charge >= 0.3 is 0 Å². The number of rotatable bonds is 4. The molecule has 2 rings (SSSR count). The smallest absolute Gasteiger partial charge is 0.0951 e. The van der Waals surface area contributed by atoms with Crippen LogP contribution in [-0.2, 0) is 6.42 Å². The van der Waals surface area contributed by atoms with Gasteiger partial charge in [-0.05, 0) is 19.9 Å². The van der Waals surface area contributed by atoms with Gasteiger partial charge in [-0.1, -0.05) is 19.3 Å². The molecule has 0 aromatic carbocycles. The fourth-order valence-electron chi connectivity index (χ4n) is 2.34. The second kappa shape index (κ2) is 5.31. The highest BCUT2D eigenvalue weighted by atomic mass is 15.1. The zero-order valence-corrected chi connectivity index (χ0v) is 9.58. The molecule has 1 aliphatic rings. The maximum absolute atomic E-state index is 4.45. The molecule has 1 saturated carbocycles. The van der Waals surface area contributed by atoms with E-state index in [1.54, 1.807) is 0 Å². The van der Waals surface area contributed by atoms with Crippen molar-refractivity contribution in [3.8, 4) is 0 Å². The first kappa shape index (κ1) is 10.7. The molecule has 0 radical (unpaired) electrons. The van der Waals surface area contributed by atoms with E-state index in [2.05, 4.69) is 21.1 Å². The van der Waals surface area contributed by atoms with Crippen molar-refractivity contribution in [3.05, 3.63) is 18.2 Å². The summed E-state index contributed by atoms with van der Waals surface area (Å²) in [7, 11) is 1.98. The Bertz CT molecular complexity index is 287. The van der Waals surface area contributed by atoms with Gasteiger partial charge < -0.3 is 9.88 Å². The number of imidazole rings is 1. The molecule has 1 aromatic heterocycles. The van der Waals surface area contributed by atoms with Gasteiger partial charge in [0.25, 0.3) is 0 Å². The van der Waals surface area contributed by atoms with Gasteiger partial charge in [-0.2, -0.15) is 0 Å². The molecule has 1 aromatic rings. The van der Waals surface area contributed by atoms with Crippen molar-refractivity contribution >= 4 is 0 Å². The summed E-state index contributed by atoms with van der Waals surface area (Å²) in [5.74, 6) is 0. The summed E-state index contributed by atoms with van der Waals surface area (Å²) in [6.45, 7) is 1.02. The monoisotopic (exact) mass is 207 g/mol. The van der Waals surface area contributed by atoms with Crippen LogP contribution in [0.1, 0.15) is 43.8 Å². The van der Waals surface area contributed by atoms with Crippen LogP contribution in [0.5, 0.6) is 0 Å². The molecule has 0 spiro atoms. The molecule has 0 aliphatic heterocycles. The minimum absolute atomic E-state index is 0.717. The third-order valence-electron chi connectivity index (χ3n) is 3.28. The van der Waals surface area contributed by atoms with Crippen molar-refractivity contribution in [2.45, 2.75) is 44.6 Å². The minimum Gasteiger partial charge on any atom is -0.334 e. The van der Waals surface area contributed by atoms with E-state index in [0.717, 1.165) is 19.0 Å². The zero-order valence-electron chi connectivity index (χ0n) is 9.58. The Morgan fingerprint density at radius 2 is 2.20 bits per heavy atom. The molecule has 0 unspecified atom stereocenters. The van der Waals surface area contributed by atoms with Crippen LogP contribution in [0.25, 0.3) is 0 Å². The van der Waals surface area contributed by atoms with E-state index in [0.29, 0.717) is 0 Å². The Kier molecular flexibility index (Phi) is 3.78. The van der Waals surface area contributed by atoms with E-state index in [1.807, 2.05) is 13.4 Å². The standard InChI is InChI=1S/C12H21N3/c1-13-8-7-11-9-15(10-14-11)12-5-3-2-4-6-12/h9-10,12-13H,2-8H2,1H3. The van der Waals surface area contributed by atoms with E-state index in [9.17, 15) is 0 Å². The number of nitrogens with one attached hydrogen (secondary N) is 1. The summed E-state index contributed by atoms with van der Waals surface area (Å²) in [4.78, 5) is 4.45. The molecule has 1 N–H and O–H groups in total. The second-order valence-corrected chi connectivity index (χ2v) is 4.46. The summed E-state index contributed by atoms with van der Waals surface area (Å²) >= 11 is 0. The normalized spacial score (nSPS) is 18.2. The van der Waals surface area contributed by atoms with Crippen molar-refractivity contribution in [2.75, 3.05) is 13.6 Å². The Morgan fingerprint density at radius 1 is 1.40 bits per heavy atom. The van der Waals surface area contributed by atoms with Gasteiger partial charge in [0.15, 0.2) is 0 Å². The quantitative estimate of drug-likeness (QED) is 0.820. The molecule has 0 atom stereocenters. The summed E-state index contributed by atoms with van der Waals surface area (Å²) in [6, 6.07) is 0.717. The van der Waals surface area contributed by atoms with Crippen LogP contribution < -0.4 is 5.32 Å². The fraction of sp³-hybridized carbons (Fsp3) is 0.750. The van der Waals surface area contributed by atoms with Crippen molar-refractivity contribution in [1.29, 1.82) is 0 Å². The Hall–Kier alpha value is -0.830. The van der Waals surface area contributed by atoms with Crippen LogP contribution in [-0.4, -0.2) is 23.1 Å². The lowest BCUT2D eigenvalue weighted by Crippen LogP contribution is -2.12. The van der Waals surface area contributed by atoms with E-state index in [4.69, 9.17) is 0 Å². The molecule has 3 nitrogen and oxygen atoms in total. The summed E-state index contributed by atoms with van der Waals surface area (Å²) in [5.41, 5.74) is 1.22. The maximum atomic E-state index is 4.45. The summed E-state index contributed by atoms with van der Waals surface area (Å²) in [6.07, 6.45) is 12.1. The van der Waals surface area contributed by atoms with Crippen LogP contribution in [0.2, 0.25) is 0 Å². The highest BCUT2D eigenvalue weighted by Gasteiger charge is 2.14. The summed E-state index contributed by atoms with van der Waals surface area (Å²) in [5, 5.41) is 3.16. The average molecular weight is 207 g/mol. The van der Waals surface area contributed by atoms with Crippen LogP contribution in [0, 0.1) is 0 Å². The first-order chi connectivity index (χ1) is 7.40. The van der Waals surface area contributed by atoms with Crippen LogP contribution in [0.4, 0.5) is 0 Å². The highest BCUT2D eigenvalue weighted by Crippen LogP contribution is 2.27. The Labute approximate surface area is 91.9 Å². The van der Waals surface area contributed by atoms with Gasteiger partial charge in [-0.3, -0.25) is 0 Å². The topological polar surface area (TPSA) is 29.9 Å². The lowest BCUT2D eigenvalue weighted by Gasteiger charge is -2.22. The molecule has 3 heteroatoms. The third-order valence-corrected chi connectivity index (χ3v) is 3.28. The highest BCUT2D eigenvalue weighted by molar-refractivity contribution is 4.99. The molecular weight excluding hydrogens is 186 g/mol. The van der Waals surface area contributed by atoms with Crippen molar-refractivity contribution < 1.29 is 0 Å². The van der Waals surface area contributed by atoms with Crippen LogP contribution in [0.15, 0.2) is 12.5 Å². The molecule has 1 fully saturated rings. The average Bonchev–Trinajstić information content (AvgIpc) is 2.76. The molecule has 0 bridgehead atoms. The first-order valence-corrected chi connectivity index (χ1v) is 6.07. The van der Waals surface area contributed by atoms with Gasteiger partial charge in [-0.25, -0.2) is 4.98 Å². The van der Waals surface area contributed by atoms with Crippen molar-refractivity contribution in [3.63, 3.8) is 0 Å². The maximum Gasteiger partial charge on any atom is 0.0951 e. The Balaban J connectivity index is 1.93. The van der Waals surface area contributed by atoms with Crippen molar-refractivity contribution in [1.82, 2.24) is 14.9 Å². The van der Waals surface area contributed by atoms with Gasteiger partial charge in [0.05, 0.1) is 12.0 Å². The molecule has 1 heterocycles. The molecule has 0 amide bonds. The minimum atomic E-state index is 0.717. The number of aromatic nitrogens is 2. The lowest BCUT2D eigenvalue weighted by molar-refractivity contribution is 0.353. The number of hydrogen-bond donors (Lipinski definition) is 1. The molecule has 15 heavy (non-hydrogen) atoms. The van der Waals surface area contributed by atoms with E-state index in [-0.39, 0.29) is 0 Å². The van der Waals surface area contributed by atoms with Crippen LogP contribution >= 0.6 is 0 Å². The van der Waals surface area contributed by atoms with Gasteiger partial charge in [0, 0.05) is 25.2 Å². The number of nitrogens with zero attached hydrogens (tertiary/aromatic N) is 2. The van der Waals surface area contributed by atoms with E-state index < -0.39 is 0 Å². The van der Waals surface area contributed by atoms with Gasteiger partial charge in [-0.15, -0.1) is 0 Å². The van der Waals surface area contributed by atoms with E-state index in [1.165, 1.54) is 37.8 Å². The second-order valence-electron chi connectivity index (χ2n) is 4.46. The zero-order chi connectivity index (χ0) is 10.5. The van der Waals surface area contributed by atoms with Gasteiger partial charge in [0.2, 0.25) is 0 Å². The predicted molar refractivity (Wildman–Crippen MR) is 62.0 cm³/mol. The lowest BCUT2D eigenvalue weighted by atomic mass is 9.95. The number of likely N-dealkylation sites (N-methyl/N-ethyl adjacent to an activating group) is 1. The molecular formula is C12H21N3. The SMILES string of the molecule is CNCCc1cn(C2CCCCC2)cn1. The van der Waals surface area contributed by atoms with E-state index >= 15 is 0 Å². The molecule has 84 valence electrons. The Morgan fingerprint density at radius 3 is 2.93 bits per heavy atom. The number of hydrogen-bond acceptors (Lipinski definition) is 2. The first-order valence-electron chi connectivity index (χ1n) is 6.07. The predicted octanol–water partition coefficient (Wildman–Crippen LogP) is 2.15.